The van der Waals surface area contributed by atoms with E-state index >= 15 is 0 Å². The molecule has 1 atom stereocenters. The lowest BCUT2D eigenvalue weighted by atomic mass is 9.95. The molecule has 2 aromatic heterocycles. The molecule has 7 nitrogen and oxygen atoms in total. The Morgan fingerprint density at radius 2 is 1.76 bits per heavy atom. The van der Waals surface area contributed by atoms with Gasteiger partial charge in [0.1, 0.15) is 10.8 Å². The van der Waals surface area contributed by atoms with E-state index in [-0.39, 0.29) is 17.4 Å². The highest BCUT2D eigenvalue weighted by atomic mass is 32.1. The minimum atomic E-state index is -2.91. The topological polar surface area (TPSA) is 86.6 Å². The van der Waals surface area contributed by atoms with Gasteiger partial charge in [-0.3, -0.25) is 9.59 Å². The molecule has 4 rings (SSSR count). The number of nitrogens with zero attached hydrogens (tertiary/aromatic N) is 1. The standard InChI is InChI=1S/C27H28F2N2O5S/c1-14-13-21(15(2)31(14)18-9-11-19(12-10-18)36-27(28)29)24(33)16(3)35-26(34)23-20-7-5-6-8-22(20)37-25(23)30-17(4)32/h9-13,16,27H,5-8H2,1-4H3,(H,30,32). The summed E-state index contributed by atoms with van der Waals surface area (Å²) in [5.74, 6) is -1.24. The van der Waals surface area contributed by atoms with Crippen LogP contribution >= 0.6 is 11.3 Å². The van der Waals surface area contributed by atoms with Crippen LogP contribution in [0.25, 0.3) is 5.69 Å². The number of amides is 1. The summed E-state index contributed by atoms with van der Waals surface area (Å²) in [6, 6.07) is 7.82. The van der Waals surface area contributed by atoms with Gasteiger partial charge in [0.05, 0.1) is 5.56 Å². The van der Waals surface area contributed by atoms with Crippen LogP contribution in [0.5, 0.6) is 5.75 Å². The first-order chi connectivity index (χ1) is 17.6. The number of ether oxygens (including phenoxy) is 2. The number of fused-ring (bicyclic) bond motifs is 1. The molecule has 2 heterocycles. The number of ketones is 1. The van der Waals surface area contributed by atoms with Crippen LogP contribution in [0.4, 0.5) is 13.8 Å². The highest BCUT2D eigenvalue weighted by Gasteiger charge is 2.30. The molecular formula is C27H28F2N2O5S. The Labute approximate surface area is 217 Å². The van der Waals surface area contributed by atoms with Gasteiger partial charge in [0.25, 0.3) is 0 Å². The van der Waals surface area contributed by atoms with Crippen molar-refractivity contribution in [3.8, 4) is 11.4 Å². The molecule has 10 heteroatoms. The minimum absolute atomic E-state index is 0.0345. The minimum Gasteiger partial charge on any atom is -0.451 e. The maximum absolute atomic E-state index is 13.3. The zero-order chi connectivity index (χ0) is 26.9. The second-order valence-corrected chi connectivity index (χ2v) is 10.1. The van der Waals surface area contributed by atoms with Crippen LogP contribution in [0.3, 0.4) is 0 Å². The fourth-order valence-corrected chi connectivity index (χ4v) is 6.03. The number of esters is 1. The molecule has 37 heavy (non-hydrogen) atoms. The molecule has 0 aliphatic heterocycles. The van der Waals surface area contributed by atoms with E-state index in [0.717, 1.165) is 41.8 Å². The first-order valence-electron chi connectivity index (χ1n) is 12.0. The highest BCUT2D eigenvalue weighted by Crippen LogP contribution is 2.39. The summed E-state index contributed by atoms with van der Waals surface area (Å²) in [4.78, 5) is 39.3. The summed E-state index contributed by atoms with van der Waals surface area (Å²) in [7, 11) is 0. The van der Waals surface area contributed by atoms with Crippen LogP contribution < -0.4 is 10.1 Å². The molecule has 0 spiro atoms. The van der Waals surface area contributed by atoms with Gasteiger partial charge >= 0.3 is 12.6 Å². The lowest BCUT2D eigenvalue weighted by molar-refractivity contribution is -0.114. The van der Waals surface area contributed by atoms with Crippen molar-refractivity contribution in [3.05, 3.63) is 63.3 Å². The molecular weight excluding hydrogens is 502 g/mol. The predicted molar refractivity (Wildman–Crippen MR) is 136 cm³/mol. The van der Waals surface area contributed by atoms with Crippen molar-refractivity contribution in [2.75, 3.05) is 5.32 Å². The number of aromatic nitrogens is 1. The van der Waals surface area contributed by atoms with E-state index in [9.17, 15) is 23.2 Å². The third kappa shape index (κ3) is 5.58. The van der Waals surface area contributed by atoms with Gasteiger partial charge in [-0.15, -0.1) is 11.3 Å². The molecule has 1 amide bonds. The zero-order valence-electron chi connectivity index (χ0n) is 21.0. The van der Waals surface area contributed by atoms with Crippen molar-refractivity contribution in [3.63, 3.8) is 0 Å². The molecule has 3 aromatic rings. The van der Waals surface area contributed by atoms with Crippen molar-refractivity contribution < 1.29 is 32.6 Å². The van der Waals surface area contributed by atoms with Crippen LogP contribution in [-0.4, -0.2) is 34.9 Å². The number of anilines is 1. The molecule has 0 fully saturated rings. The van der Waals surface area contributed by atoms with Gasteiger partial charge in [0.2, 0.25) is 11.7 Å². The summed E-state index contributed by atoms with van der Waals surface area (Å²) >= 11 is 1.39. The third-order valence-electron chi connectivity index (χ3n) is 6.33. The van der Waals surface area contributed by atoms with Crippen LogP contribution in [-0.2, 0) is 22.4 Å². The second kappa shape index (κ2) is 10.8. The number of hydrogen-bond donors (Lipinski definition) is 1. The number of aryl methyl sites for hydroxylation is 2. The lowest BCUT2D eigenvalue weighted by Gasteiger charge is -2.16. The average Bonchev–Trinajstić information content (AvgIpc) is 3.34. The average molecular weight is 531 g/mol. The Morgan fingerprint density at radius 1 is 1.08 bits per heavy atom. The Balaban J connectivity index is 1.56. The fourth-order valence-electron chi connectivity index (χ4n) is 4.71. The van der Waals surface area contributed by atoms with E-state index < -0.39 is 18.7 Å². The van der Waals surface area contributed by atoms with Gasteiger partial charge in [-0.05, 0) is 82.3 Å². The molecule has 196 valence electrons. The number of rotatable bonds is 8. The summed E-state index contributed by atoms with van der Waals surface area (Å²) < 4.78 is 36.8. The monoisotopic (exact) mass is 530 g/mol. The summed E-state index contributed by atoms with van der Waals surface area (Å²) in [6.07, 6.45) is 2.47. The predicted octanol–water partition coefficient (Wildman–Crippen LogP) is 6.02. The SMILES string of the molecule is CC(=O)Nc1sc2c(c1C(=O)OC(C)C(=O)c1cc(C)n(-c3ccc(OC(F)F)cc3)c1C)CCCC2. The third-order valence-corrected chi connectivity index (χ3v) is 7.54. The van der Waals surface area contributed by atoms with E-state index in [4.69, 9.17) is 4.74 Å². The second-order valence-electron chi connectivity index (χ2n) is 9.00. The van der Waals surface area contributed by atoms with Crippen molar-refractivity contribution >= 4 is 34.0 Å². The molecule has 1 aliphatic carbocycles. The maximum Gasteiger partial charge on any atom is 0.387 e. The molecule has 1 unspecified atom stereocenters. The molecule has 0 saturated carbocycles. The molecule has 1 aliphatic rings. The van der Waals surface area contributed by atoms with Crippen molar-refractivity contribution in [2.45, 2.75) is 66.1 Å². The maximum atomic E-state index is 13.3. The smallest absolute Gasteiger partial charge is 0.387 e. The Hall–Kier alpha value is -3.53. The molecule has 1 aromatic carbocycles. The molecule has 0 saturated heterocycles. The molecule has 1 N–H and O–H groups in total. The Morgan fingerprint density at radius 3 is 2.41 bits per heavy atom. The quantitative estimate of drug-likeness (QED) is 0.284. The van der Waals surface area contributed by atoms with Crippen LogP contribution in [0, 0.1) is 13.8 Å². The molecule has 0 bridgehead atoms. The largest absolute Gasteiger partial charge is 0.451 e. The number of hydrogen-bond acceptors (Lipinski definition) is 6. The van der Waals surface area contributed by atoms with Crippen molar-refractivity contribution in [2.24, 2.45) is 0 Å². The van der Waals surface area contributed by atoms with Crippen molar-refractivity contribution in [1.82, 2.24) is 4.57 Å². The number of nitrogens with one attached hydrogen (secondary N) is 1. The van der Waals surface area contributed by atoms with Crippen LogP contribution in [0.2, 0.25) is 0 Å². The lowest BCUT2D eigenvalue weighted by Crippen LogP contribution is -2.26. The first-order valence-corrected chi connectivity index (χ1v) is 12.8. The van der Waals surface area contributed by atoms with E-state index in [1.54, 1.807) is 25.1 Å². The number of alkyl halides is 2. The fraction of sp³-hybridized carbons (Fsp3) is 0.370. The number of halogens is 2. The van der Waals surface area contributed by atoms with E-state index in [2.05, 4.69) is 10.1 Å². The van der Waals surface area contributed by atoms with Gasteiger partial charge in [-0.2, -0.15) is 8.78 Å². The van der Waals surface area contributed by atoms with E-state index in [1.807, 2.05) is 11.5 Å². The first kappa shape index (κ1) is 26.5. The van der Waals surface area contributed by atoms with E-state index in [0.29, 0.717) is 27.5 Å². The Kier molecular flexibility index (Phi) is 7.77. The summed E-state index contributed by atoms with van der Waals surface area (Å²) in [6.45, 7) is 3.59. The van der Waals surface area contributed by atoms with Crippen LogP contribution in [0.15, 0.2) is 30.3 Å². The number of Topliss-reactive ketones (excluding diaryl/α,β-unsaturated/α-hetero) is 1. The highest BCUT2D eigenvalue weighted by molar-refractivity contribution is 7.17. The van der Waals surface area contributed by atoms with Gasteiger partial charge in [0.15, 0.2) is 6.10 Å². The van der Waals surface area contributed by atoms with Gasteiger partial charge in [0, 0.05) is 34.4 Å². The summed E-state index contributed by atoms with van der Waals surface area (Å²) in [5, 5.41) is 3.20. The number of benzene rings is 1. The number of carbonyl (C=O) groups is 3. The van der Waals surface area contributed by atoms with Gasteiger partial charge < -0.3 is 19.4 Å². The van der Waals surface area contributed by atoms with Crippen LogP contribution in [0.1, 0.15) is 69.2 Å². The number of carbonyl (C=O) groups excluding carboxylic acids is 3. The number of thiophene rings is 1. The van der Waals surface area contributed by atoms with E-state index in [1.165, 1.54) is 37.3 Å². The normalized spacial score (nSPS) is 13.7. The van der Waals surface area contributed by atoms with Gasteiger partial charge in [-0.25, -0.2) is 4.79 Å². The molecule has 0 radical (unpaired) electrons. The van der Waals surface area contributed by atoms with Crippen molar-refractivity contribution in [1.29, 1.82) is 0 Å². The zero-order valence-corrected chi connectivity index (χ0v) is 21.8. The Bertz CT molecular complexity index is 1340. The summed E-state index contributed by atoms with van der Waals surface area (Å²) in [5.41, 5.74) is 3.67. The van der Waals surface area contributed by atoms with Gasteiger partial charge in [-0.1, -0.05) is 0 Å².